The molecule has 0 unspecified atom stereocenters. The van der Waals surface area contributed by atoms with Gasteiger partial charge in [0.2, 0.25) is 0 Å². The summed E-state index contributed by atoms with van der Waals surface area (Å²) >= 11 is 0. The van der Waals surface area contributed by atoms with Crippen LogP contribution in [0.5, 0.6) is 0 Å². The summed E-state index contributed by atoms with van der Waals surface area (Å²) in [6, 6.07) is 0.661. The molecule has 1 N–H and O–H groups in total. The van der Waals surface area contributed by atoms with Gasteiger partial charge in [-0.15, -0.1) is 0 Å². The third-order valence-corrected chi connectivity index (χ3v) is 2.94. The second-order valence-corrected chi connectivity index (χ2v) is 4.12. The Balaban J connectivity index is 2.18. The largest absolute Gasteiger partial charge is 0.481 e. The normalized spacial score (nSPS) is 22.8. The summed E-state index contributed by atoms with van der Waals surface area (Å²) in [5.41, 5.74) is 0. The zero-order chi connectivity index (χ0) is 10.4. The van der Waals surface area contributed by atoms with Crippen molar-refractivity contribution >= 4 is 5.97 Å². The molecule has 0 aromatic heterocycles. The Morgan fingerprint density at radius 1 is 1.57 bits per heavy atom. The predicted octanol–water partition coefficient (Wildman–Crippen LogP) is 2.12. The van der Waals surface area contributed by atoms with Crippen LogP contribution in [0.15, 0.2) is 0 Å². The lowest BCUT2D eigenvalue weighted by atomic mass is 10.1. The molecule has 1 saturated heterocycles. The lowest BCUT2D eigenvalue weighted by Gasteiger charge is -2.23. The Kier molecular flexibility index (Phi) is 4.94. The molecule has 0 saturated carbocycles. The smallest absolute Gasteiger partial charge is 0.303 e. The van der Waals surface area contributed by atoms with Gasteiger partial charge >= 0.3 is 5.97 Å². The molecule has 1 rings (SSSR count). The van der Waals surface area contributed by atoms with E-state index in [-0.39, 0.29) is 0 Å². The highest BCUT2D eigenvalue weighted by Crippen LogP contribution is 2.21. The number of likely N-dealkylation sites (tertiary alicyclic amines) is 1. The van der Waals surface area contributed by atoms with Gasteiger partial charge in [0.1, 0.15) is 0 Å². The molecule has 0 radical (unpaired) electrons. The summed E-state index contributed by atoms with van der Waals surface area (Å²) in [4.78, 5) is 12.9. The van der Waals surface area contributed by atoms with Gasteiger partial charge in [-0.2, -0.15) is 0 Å². The van der Waals surface area contributed by atoms with Crippen LogP contribution < -0.4 is 0 Å². The maximum absolute atomic E-state index is 10.4. The van der Waals surface area contributed by atoms with Crippen molar-refractivity contribution in [3.05, 3.63) is 0 Å². The highest BCUT2D eigenvalue weighted by Gasteiger charge is 2.22. The average molecular weight is 199 g/mol. The first-order valence-corrected chi connectivity index (χ1v) is 5.70. The van der Waals surface area contributed by atoms with E-state index in [0.29, 0.717) is 12.5 Å². The molecule has 0 bridgehead atoms. The number of nitrogens with zero attached hydrogens (tertiary/aromatic N) is 1. The van der Waals surface area contributed by atoms with Crippen molar-refractivity contribution < 1.29 is 9.90 Å². The average Bonchev–Trinajstić information content (AvgIpc) is 2.53. The summed E-state index contributed by atoms with van der Waals surface area (Å²) < 4.78 is 0. The van der Waals surface area contributed by atoms with Crippen LogP contribution in [0.25, 0.3) is 0 Å². The van der Waals surface area contributed by atoms with Crippen LogP contribution in [0, 0.1) is 0 Å². The van der Waals surface area contributed by atoms with E-state index in [0.717, 1.165) is 12.8 Å². The topological polar surface area (TPSA) is 40.5 Å². The van der Waals surface area contributed by atoms with Crippen LogP contribution in [0.4, 0.5) is 0 Å². The lowest BCUT2D eigenvalue weighted by Crippen LogP contribution is -2.30. The van der Waals surface area contributed by atoms with Crippen LogP contribution in [-0.2, 0) is 4.79 Å². The quantitative estimate of drug-likeness (QED) is 0.712. The summed E-state index contributed by atoms with van der Waals surface area (Å²) in [6.07, 6.45) is 5.98. The SMILES string of the molecule is CCCN1CCC[C@H]1CCCC(=O)O. The molecule has 82 valence electrons. The second-order valence-electron chi connectivity index (χ2n) is 4.12. The Morgan fingerprint density at radius 2 is 2.36 bits per heavy atom. The van der Waals surface area contributed by atoms with E-state index in [9.17, 15) is 4.79 Å². The number of hydrogen-bond donors (Lipinski definition) is 1. The van der Waals surface area contributed by atoms with Crippen molar-refractivity contribution in [1.29, 1.82) is 0 Å². The van der Waals surface area contributed by atoms with Gasteiger partial charge in [-0.25, -0.2) is 0 Å². The third kappa shape index (κ3) is 3.66. The molecule has 14 heavy (non-hydrogen) atoms. The van der Waals surface area contributed by atoms with Gasteiger partial charge in [-0.3, -0.25) is 4.79 Å². The van der Waals surface area contributed by atoms with Crippen molar-refractivity contribution in [2.24, 2.45) is 0 Å². The minimum atomic E-state index is -0.662. The molecule has 1 fully saturated rings. The molecule has 0 aromatic rings. The maximum atomic E-state index is 10.4. The molecular weight excluding hydrogens is 178 g/mol. The Hall–Kier alpha value is -0.570. The van der Waals surface area contributed by atoms with E-state index in [1.807, 2.05) is 0 Å². The Morgan fingerprint density at radius 3 is 3.00 bits per heavy atom. The van der Waals surface area contributed by atoms with E-state index in [1.165, 1.54) is 32.4 Å². The van der Waals surface area contributed by atoms with Gasteiger partial charge in [-0.05, 0) is 45.2 Å². The molecule has 3 heteroatoms. The highest BCUT2D eigenvalue weighted by molar-refractivity contribution is 5.66. The van der Waals surface area contributed by atoms with E-state index in [1.54, 1.807) is 0 Å². The Labute approximate surface area is 86.1 Å². The summed E-state index contributed by atoms with van der Waals surface area (Å²) in [6.45, 7) is 4.59. The summed E-state index contributed by atoms with van der Waals surface area (Å²) in [5, 5.41) is 8.54. The van der Waals surface area contributed by atoms with Gasteiger partial charge in [0.05, 0.1) is 0 Å². The minimum absolute atomic E-state index is 0.330. The second kappa shape index (κ2) is 6.02. The molecule has 3 nitrogen and oxygen atoms in total. The highest BCUT2D eigenvalue weighted by atomic mass is 16.4. The number of carboxylic acid groups (broad SMARTS) is 1. The molecular formula is C11H21NO2. The van der Waals surface area contributed by atoms with Crippen LogP contribution in [0.1, 0.15) is 45.4 Å². The summed E-state index contributed by atoms with van der Waals surface area (Å²) in [7, 11) is 0. The molecule has 1 atom stereocenters. The number of carbonyl (C=O) groups is 1. The fourth-order valence-electron chi connectivity index (χ4n) is 2.29. The standard InChI is InChI=1S/C11H21NO2/c1-2-8-12-9-4-6-10(12)5-3-7-11(13)14/h10H,2-9H2,1H3,(H,13,14)/t10-/m1/s1. The predicted molar refractivity (Wildman–Crippen MR) is 56.4 cm³/mol. The Bertz CT molecular complexity index is 182. The van der Waals surface area contributed by atoms with Crippen LogP contribution in [0.2, 0.25) is 0 Å². The fourth-order valence-corrected chi connectivity index (χ4v) is 2.29. The molecule has 0 aliphatic carbocycles. The monoisotopic (exact) mass is 199 g/mol. The molecule has 1 heterocycles. The number of hydrogen-bond acceptors (Lipinski definition) is 2. The number of carboxylic acids is 1. The van der Waals surface area contributed by atoms with Gasteiger partial charge in [0.25, 0.3) is 0 Å². The van der Waals surface area contributed by atoms with Crippen LogP contribution in [0.3, 0.4) is 0 Å². The zero-order valence-electron chi connectivity index (χ0n) is 9.04. The van der Waals surface area contributed by atoms with E-state index < -0.39 is 5.97 Å². The van der Waals surface area contributed by atoms with E-state index >= 15 is 0 Å². The lowest BCUT2D eigenvalue weighted by molar-refractivity contribution is -0.137. The van der Waals surface area contributed by atoms with Crippen molar-refractivity contribution in [3.63, 3.8) is 0 Å². The van der Waals surface area contributed by atoms with Crippen molar-refractivity contribution in [2.45, 2.75) is 51.5 Å². The van der Waals surface area contributed by atoms with Gasteiger partial charge in [0.15, 0.2) is 0 Å². The summed E-state index contributed by atoms with van der Waals surface area (Å²) in [5.74, 6) is -0.662. The molecule has 0 aromatic carbocycles. The first kappa shape index (κ1) is 11.5. The first-order valence-electron chi connectivity index (χ1n) is 5.70. The number of rotatable bonds is 6. The van der Waals surface area contributed by atoms with Gasteiger partial charge in [0, 0.05) is 12.5 Å². The van der Waals surface area contributed by atoms with Crippen LogP contribution in [-0.4, -0.2) is 35.1 Å². The maximum Gasteiger partial charge on any atom is 0.303 e. The minimum Gasteiger partial charge on any atom is -0.481 e. The van der Waals surface area contributed by atoms with Gasteiger partial charge < -0.3 is 10.0 Å². The van der Waals surface area contributed by atoms with E-state index in [4.69, 9.17) is 5.11 Å². The van der Waals surface area contributed by atoms with Crippen molar-refractivity contribution in [1.82, 2.24) is 4.90 Å². The first-order chi connectivity index (χ1) is 6.74. The number of aliphatic carboxylic acids is 1. The fraction of sp³-hybridized carbons (Fsp3) is 0.909. The van der Waals surface area contributed by atoms with Crippen LogP contribution >= 0.6 is 0 Å². The van der Waals surface area contributed by atoms with E-state index in [2.05, 4.69) is 11.8 Å². The molecule has 1 aliphatic rings. The third-order valence-electron chi connectivity index (χ3n) is 2.94. The molecule has 1 aliphatic heterocycles. The van der Waals surface area contributed by atoms with Crippen molar-refractivity contribution in [3.8, 4) is 0 Å². The van der Waals surface area contributed by atoms with Gasteiger partial charge in [-0.1, -0.05) is 6.92 Å². The zero-order valence-corrected chi connectivity index (χ0v) is 9.04. The van der Waals surface area contributed by atoms with Crippen molar-refractivity contribution in [2.75, 3.05) is 13.1 Å². The molecule has 0 amide bonds. The molecule has 0 spiro atoms.